The molecule has 0 fully saturated rings. The smallest absolute Gasteiger partial charge is 0.251 e. The van der Waals surface area contributed by atoms with Crippen LogP contribution < -0.4 is 14.8 Å². The summed E-state index contributed by atoms with van der Waals surface area (Å²) in [5, 5.41) is 12.0. The van der Waals surface area contributed by atoms with Gasteiger partial charge in [-0.15, -0.1) is 0 Å². The van der Waals surface area contributed by atoms with E-state index in [0.717, 1.165) is 6.42 Å². The van der Waals surface area contributed by atoms with E-state index in [-0.39, 0.29) is 12.0 Å². The standard InChI is InChI=1S/C15H23NO4/c1-4-20-14-10-12(7-8-13(14)19-3)15(18)16-9-5-6-11(2)17/h7-8,10-11,17H,4-6,9H2,1-3H3,(H,16,18). The first-order valence-corrected chi connectivity index (χ1v) is 6.85. The first-order chi connectivity index (χ1) is 9.58. The first-order valence-electron chi connectivity index (χ1n) is 6.85. The summed E-state index contributed by atoms with van der Waals surface area (Å²) in [6, 6.07) is 5.09. The van der Waals surface area contributed by atoms with Crippen LogP contribution >= 0.6 is 0 Å². The van der Waals surface area contributed by atoms with E-state index in [4.69, 9.17) is 14.6 Å². The molecule has 0 aliphatic rings. The van der Waals surface area contributed by atoms with Gasteiger partial charge >= 0.3 is 0 Å². The summed E-state index contributed by atoms with van der Waals surface area (Å²) in [4.78, 5) is 12.0. The van der Waals surface area contributed by atoms with E-state index in [0.29, 0.717) is 36.6 Å². The predicted molar refractivity (Wildman–Crippen MR) is 77.4 cm³/mol. The van der Waals surface area contributed by atoms with Crippen LogP contribution in [0.3, 0.4) is 0 Å². The van der Waals surface area contributed by atoms with E-state index in [1.54, 1.807) is 32.2 Å². The summed E-state index contributed by atoms with van der Waals surface area (Å²) in [6.45, 7) is 4.66. The van der Waals surface area contributed by atoms with Gasteiger partial charge in [0.2, 0.25) is 0 Å². The number of nitrogens with one attached hydrogen (secondary N) is 1. The largest absolute Gasteiger partial charge is 0.493 e. The van der Waals surface area contributed by atoms with Crippen LogP contribution in [0.2, 0.25) is 0 Å². The molecule has 1 aromatic rings. The van der Waals surface area contributed by atoms with Crippen LogP contribution in [-0.2, 0) is 0 Å². The highest BCUT2D eigenvalue weighted by molar-refractivity contribution is 5.94. The van der Waals surface area contributed by atoms with E-state index < -0.39 is 0 Å². The number of aliphatic hydroxyl groups excluding tert-OH is 1. The quantitative estimate of drug-likeness (QED) is 0.715. The molecule has 0 saturated heterocycles. The Bertz CT molecular complexity index is 432. The molecule has 1 amide bonds. The first kappa shape index (κ1) is 16.3. The van der Waals surface area contributed by atoms with Crippen LogP contribution in [-0.4, -0.2) is 37.4 Å². The van der Waals surface area contributed by atoms with Gasteiger partial charge in [0.25, 0.3) is 5.91 Å². The molecule has 0 aliphatic carbocycles. The molecule has 20 heavy (non-hydrogen) atoms. The Hall–Kier alpha value is -1.75. The molecule has 5 heteroatoms. The Labute approximate surface area is 119 Å². The van der Waals surface area contributed by atoms with Gasteiger partial charge in [-0.05, 0) is 44.9 Å². The summed E-state index contributed by atoms with van der Waals surface area (Å²) in [5.41, 5.74) is 0.534. The number of amides is 1. The van der Waals surface area contributed by atoms with Gasteiger partial charge in [0.1, 0.15) is 0 Å². The fraction of sp³-hybridized carbons (Fsp3) is 0.533. The number of aliphatic hydroxyl groups is 1. The molecule has 5 nitrogen and oxygen atoms in total. The monoisotopic (exact) mass is 281 g/mol. The zero-order chi connectivity index (χ0) is 15.0. The number of carbonyl (C=O) groups excluding carboxylic acids is 1. The third-order valence-electron chi connectivity index (χ3n) is 2.81. The Morgan fingerprint density at radius 1 is 1.40 bits per heavy atom. The lowest BCUT2D eigenvalue weighted by atomic mass is 10.1. The minimum Gasteiger partial charge on any atom is -0.493 e. The van der Waals surface area contributed by atoms with Crippen LogP contribution in [0.4, 0.5) is 0 Å². The molecule has 2 N–H and O–H groups in total. The van der Waals surface area contributed by atoms with E-state index >= 15 is 0 Å². The van der Waals surface area contributed by atoms with Crippen molar-refractivity contribution in [2.75, 3.05) is 20.3 Å². The van der Waals surface area contributed by atoms with Crippen LogP contribution in [0.15, 0.2) is 18.2 Å². The average molecular weight is 281 g/mol. The summed E-state index contributed by atoms with van der Waals surface area (Å²) in [6.07, 6.45) is 1.09. The second-order valence-corrected chi connectivity index (χ2v) is 4.55. The normalized spacial score (nSPS) is 11.8. The lowest BCUT2D eigenvalue weighted by Crippen LogP contribution is -2.25. The lowest BCUT2D eigenvalue weighted by molar-refractivity contribution is 0.0949. The van der Waals surface area contributed by atoms with Gasteiger partial charge in [0, 0.05) is 12.1 Å². The maximum absolute atomic E-state index is 12.0. The van der Waals surface area contributed by atoms with Gasteiger partial charge in [-0.1, -0.05) is 0 Å². The second-order valence-electron chi connectivity index (χ2n) is 4.55. The highest BCUT2D eigenvalue weighted by atomic mass is 16.5. The SMILES string of the molecule is CCOc1cc(C(=O)NCCCC(C)O)ccc1OC. The Morgan fingerprint density at radius 3 is 2.75 bits per heavy atom. The number of benzene rings is 1. The Morgan fingerprint density at radius 2 is 2.15 bits per heavy atom. The van der Waals surface area contributed by atoms with Crippen LogP contribution in [0.5, 0.6) is 11.5 Å². The topological polar surface area (TPSA) is 67.8 Å². The van der Waals surface area contributed by atoms with Crippen molar-refractivity contribution in [2.45, 2.75) is 32.8 Å². The Kier molecular flexibility index (Phi) is 6.87. The Balaban J connectivity index is 2.61. The van der Waals surface area contributed by atoms with E-state index in [1.807, 2.05) is 6.92 Å². The van der Waals surface area contributed by atoms with Crippen molar-refractivity contribution in [3.63, 3.8) is 0 Å². The molecule has 1 atom stereocenters. The van der Waals surface area contributed by atoms with Crippen molar-refractivity contribution < 1.29 is 19.4 Å². The molecule has 0 spiro atoms. The minimum atomic E-state index is -0.336. The van der Waals surface area contributed by atoms with Crippen LogP contribution in [0, 0.1) is 0 Å². The molecule has 1 aromatic carbocycles. The fourth-order valence-corrected chi connectivity index (χ4v) is 1.79. The predicted octanol–water partition coefficient (Wildman–Crippen LogP) is 1.98. The summed E-state index contributed by atoms with van der Waals surface area (Å²) in [5.74, 6) is 1.02. The van der Waals surface area contributed by atoms with Crippen molar-refractivity contribution in [3.05, 3.63) is 23.8 Å². The molecular weight excluding hydrogens is 258 g/mol. The van der Waals surface area contributed by atoms with Crippen molar-refractivity contribution in [2.24, 2.45) is 0 Å². The van der Waals surface area contributed by atoms with Gasteiger partial charge in [-0.2, -0.15) is 0 Å². The third-order valence-corrected chi connectivity index (χ3v) is 2.81. The van der Waals surface area contributed by atoms with E-state index in [2.05, 4.69) is 5.32 Å². The molecule has 0 bridgehead atoms. The zero-order valence-corrected chi connectivity index (χ0v) is 12.3. The number of ether oxygens (including phenoxy) is 2. The molecular formula is C15H23NO4. The van der Waals surface area contributed by atoms with Crippen LogP contribution in [0.1, 0.15) is 37.0 Å². The van der Waals surface area contributed by atoms with E-state index in [9.17, 15) is 4.79 Å². The summed E-state index contributed by atoms with van der Waals surface area (Å²) >= 11 is 0. The highest BCUT2D eigenvalue weighted by Crippen LogP contribution is 2.27. The van der Waals surface area contributed by atoms with Crippen molar-refractivity contribution in [3.8, 4) is 11.5 Å². The van der Waals surface area contributed by atoms with Gasteiger partial charge in [0.15, 0.2) is 11.5 Å². The molecule has 0 heterocycles. The molecule has 0 aromatic heterocycles. The molecule has 0 saturated carbocycles. The molecule has 112 valence electrons. The van der Waals surface area contributed by atoms with Gasteiger partial charge < -0.3 is 19.9 Å². The molecule has 0 radical (unpaired) electrons. The number of hydrogen-bond acceptors (Lipinski definition) is 4. The van der Waals surface area contributed by atoms with E-state index in [1.165, 1.54) is 0 Å². The number of hydrogen-bond donors (Lipinski definition) is 2. The van der Waals surface area contributed by atoms with Gasteiger partial charge in [-0.3, -0.25) is 4.79 Å². The minimum absolute atomic E-state index is 0.154. The average Bonchev–Trinajstić information content (AvgIpc) is 2.43. The third kappa shape index (κ3) is 5.09. The van der Waals surface area contributed by atoms with Crippen molar-refractivity contribution in [1.29, 1.82) is 0 Å². The van der Waals surface area contributed by atoms with Crippen molar-refractivity contribution >= 4 is 5.91 Å². The summed E-state index contributed by atoms with van der Waals surface area (Å²) in [7, 11) is 1.56. The molecule has 1 rings (SSSR count). The van der Waals surface area contributed by atoms with Gasteiger partial charge in [0.05, 0.1) is 19.8 Å². The lowest BCUT2D eigenvalue weighted by Gasteiger charge is -2.11. The highest BCUT2D eigenvalue weighted by Gasteiger charge is 2.10. The number of carbonyl (C=O) groups is 1. The zero-order valence-electron chi connectivity index (χ0n) is 12.3. The molecule has 1 unspecified atom stereocenters. The summed E-state index contributed by atoms with van der Waals surface area (Å²) < 4.78 is 10.6. The fourth-order valence-electron chi connectivity index (χ4n) is 1.79. The van der Waals surface area contributed by atoms with Gasteiger partial charge in [-0.25, -0.2) is 0 Å². The number of rotatable bonds is 8. The second kappa shape index (κ2) is 8.43. The number of methoxy groups -OCH3 is 1. The van der Waals surface area contributed by atoms with Crippen LogP contribution in [0.25, 0.3) is 0 Å². The maximum atomic E-state index is 12.0. The molecule has 0 aliphatic heterocycles. The maximum Gasteiger partial charge on any atom is 0.251 e. The van der Waals surface area contributed by atoms with Crippen molar-refractivity contribution in [1.82, 2.24) is 5.32 Å².